The molecule has 3 nitrogen and oxygen atoms in total. The first-order chi connectivity index (χ1) is 7.19. The van der Waals surface area contributed by atoms with Crippen molar-refractivity contribution in [1.82, 2.24) is 5.32 Å². The molecule has 0 saturated carbocycles. The fraction of sp³-hybridized carbons (Fsp3) is 0.545. The minimum Gasteiger partial charge on any atom is -0.347 e. The third kappa shape index (κ3) is 3.32. The van der Waals surface area contributed by atoms with Crippen LogP contribution in [0.4, 0.5) is 0 Å². The van der Waals surface area contributed by atoms with Gasteiger partial charge in [-0.15, -0.1) is 11.3 Å². The molecule has 3 N–H and O–H groups in total. The van der Waals surface area contributed by atoms with E-state index in [0.717, 1.165) is 6.42 Å². The number of hydrogen-bond donors (Lipinski definition) is 2. The number of hydrogen-bond acceptors (Lipinski definition) is 3. The van der Waals surface area contributed by atoms with E-state index in [1.165, 1.54) is 4.88 Å². The molecule has 0 aliphatic rings. The molecule has 1 rings (SSSR count). The Morgan fingerprint density at radius 1 is 1.53 bits per heavy atom. The van der Waals surface area contributed by atoms with Crippen LogP contribution < -0.4 is 11.1 Å². The van der Waals surface area contributed by atoms with Gasteiger partial charge in [0.15, 0.2) is 0 Å². The van der Waals surface area contributed by atoms with Crippen LogP contribution in [0.1, 0.15) is 37.6 Å². The summed E-state index contributed by atoms with van der Waals surface area (Å²) in [6.45, 7) is 3.97. The molecule has 2 atom stereocenters. The summed E-state index contributed by atoms with van der Waals surface area (Å²) in [6.07, 6.45) is 1.56. The number of nitrogens with two attached hydrogens (primary N) is 1. The highest BCUT2D eigenvalue weighted by Crippen LogP contribution is 2.21. The van der Waals surface area contributed by atoms with Crippen molar-refractivity contribution < 1.29 is 4.79 Å². The second-order valence-corrected chi connectivity index (χ2v) is 4.48. The zero-order valence-electron chi connectivity index (χ0n) is 9.19. The smallest absolute Gasteiger partial charge is 0.237 e. The van der Waals surface area contributed by atoms with E-state index in [-0.39, 0.29) is 18.0 Å². The summed E-state index contributed by atoms with van der Waals surface area (Å²) >= 11 is 1.66. The lowest BCUT2D eigenvalue weighted by Gasteiger charge is -2.17. The number of nitrogens with one attached hydrogen (secondary N) is 1. The van der Waals surface area contributed by atoms with Crippen LogP contribution in [0, 0.1) is 0 Å². The molecule has 0 saturated heterocycles. The molecule has 4 heteroatoms. The third-order valence-corrected chi connectivity index (χ3v) is 3.37. The van der Waals surface area contributed by atoms with Gasteiger partial charge in [0, 0.05) is 4.88 Å². The summed E-state index contributed by atoms with van der Waals surface area (Å²) in [5.74, 6) is -0.0576. The predicted molar refractivity (Wildman–Crippen MR) is 63.8 cm³/mol. The molecule has 0 spiro atoms. The van der Waals surface area contributed by atoms with Crippen molar-refractivity contribution >= 4 is 17.2 Å². The molecular formula is C11H18N2OS. The minimum atomic E-state index is -0.390. The molecule has 0 aliphatic heterocycles. The Hall–Kier alpha value is -0.870. The second kappa shape index (κ2) is 5.88. The molecule has 1 aromatic heterocycles. The zero-order valence-corrected chi connectivity index (χ0v) is 10.0. The fourth-order valence-electron chi connectivity index (χ4n) is 1.33. The highest BCUT2D eigenvalue weighted by molar-refractivity contribution is 7.10. The quantitative estimate of drug-likeness (QED) is 0.807. The molecule has 0 aromatic carbocycles. The molecule has 84 valence electrons. The van der Waals surface area contributed by atoms with Crippen LogP contribution in [0.3, 0.4) is 0 Å². The van der Waals surface area contributed by atoms with Gasteiger partial charge in [-0.3, -0.25) is 4.79 Å². The molecule has 0 fully saturated rings. The van der Waals surface area contributed by atoms with Crippen molar-refractivity contribution in [3.05, 3.63) is 22.4 Å². The van der Waals surface area contributed by atoms with E-state index in [1.54, 1.807) is 11.3 Å². The van der Waals surface area contributed by atoms with Gasteiger partial charge in [-0.1, -0.05) is 19.9 Å². The van der Waals surface area contributed by atoms with Gasteiger partial charge < -0.3 is 11.1 Å². The molecule has 0 aliphatic carbocycles. The fourth-order valence-corrected chi connectivity index (χ4v) is 2.19. The largest absolute Gasteiger partial charge is 0.347 e. The molecular weight excluding hydrogens is 208 g/mol. The Morgan fingerprint density at radius 2 is 2.27 bits per heavy atom. The van der Waals surface area contributed by atoms with Crippen molar-refractivity contribution in [2.24, 2.45) is 5.73 Å². The predicted octanol–water partition coefficient (Wildman–Crippen LogP) is 2.05. The van der Waals surface area contributed by atoms with Gasteiger partial charge >= 0.3 is 0 Å². The van der Waals surface area contributed by atoms with Crippen LogP contribution in [0.15, 0.2) is 17.5 Å². The Balaban J connectivity index is 2.58. The third-order valence-electron chi connectivity index (χ3n) is 2.39. The SMILES string of the molecule is CCC(N)C(=O)NC(CC)c1cccs1. The Labute approximate surface area is 94.7 Å². The average molecular weight is 226 g/mol. The van der Waals surface area contributed by atoms with Crippen LogP contribution in [0.25, 0.3) is 0 Å². The average Bonchev–Trinajstić information content (AvgIpc) is 2.77. The van der Waals surface area contributed by atoms with Gasteiger partial charge in [-0.2, -0.15) is 0 Å². The van der Waals surface area contributed by atoms with Crippen LogP contribution in [-0.4, -0.2) is 11.9 Å². The molecule has 15 heavy (non-hydrogen) atoms. The maximum absolute atomic E-state index is 11.6. The number of thiophene rings is 1. The van der Waals surface area contributed by atoms with Crippen molar-refractivity contribution in [2.45, 2.75) is 38.8 Å². The molecule has 1 heterocycles. The van der Waals surface area contributed by atoms with Crippen molar-refractivity contribution in [2.75, 3.05) is 0 Å². The van der Waals surface area contributed by atoms with Gasteiger partial charge in [0.25, 0.3) is 0 Å². The Kier molecular flexibility index (Phi) is 4.78. The number of amides is 1. The summed E-state index contributed by atoms with van der Waals surface area (Å²) in [7, 11) is 0. The van der Waals surface area contributed by atoms with E-state index in [1.807, 2.05) is 24.4 Å². The van der Waals surface area contributed by atoms with Crippen LogP contribution >= 0.6 is 11.3 Å². The van der Waals surface area contributed by atoms with E-state index < -0.39 is 0 Å². The first kappa shape index (κ1) is 12.2. The monoisotopic (exact) mass is 226 g/mol. The Morgan fingerprint density at radius 3 is 2.73 bits per heavy atom. The lowest BCUT2D eigenvalue weighted by atomic mass is 10.1. The van der Waals surface area contributed by atoms with Gasteiger partial charge in [0.05, 0.1) is 12.1 Å². The molecule has 0 radical (unpaired) electrons. The molecule has 0 bridgehead atoms. The van der Waals surface area contributed by atoms with Crippen LogP contribution in [0.5, 0.6) is 0 Å². The van der Waals surface area contributed by atoms with Crippen LogP contribution in [-0.2, 0) is 4.79 Å². The maximum atomic E-state index is 11.6. The van der Waals surface area contributed by atoms with E-state index >= 15 is 0 Å². The number of carbonyl (C=O) groups excluding carboxylic acids is 1. The topological polar surface area (TPSA) is 55.1 Å². The highest BCUT2D eigenvalue weighted by Gasteiger charge is 2.17. The van der Waals surface area contributed by atoms with Gasteiger partial charge in [0.1, 0.15) is 0 Å². The van der Waals surface area contributed by atoms with Gasteiger partial charge in [0.2, 0.25) is 5.91 Å². The summed E-state index contributed by atoms with van der Waals surface area (Å²) < 4.78 is 0. The van der Waals surface area contributed by atoms with E-state index in [9.17, 15) is 4.79 Å². The normalized spacial score (nSPS) is 14.6. The highest BCUT2D eigenvalue weighted by atomic mass is 32.1. The lowest BCUT2D eigenvalue weighted by molar-refractivity contribution is -0.123. The van der Waals surface area contributed by atoms with Crippen molar-refractivity contribution in [3.63, 3.8) is 0 Å². The zero-order chi connectivity index (χ0) is 11.3. The summed E-state index contributed by atoms with van der Waals surface area (Å²) in [5.41, 5.74) is 5.66. The summed E-state index contributed by atoms with van der Waals surface area (Å²) in [6, 6.07) is 3.75. The van der Waals surface area contributed by atoms with E-state index in [2.05, 4.69) is 12.2 Å². The lowest BCUT2D eigenvalue weighted by Crippen LogP contribution is -2.41. The number of carbonyl (C=O) groups is 1. The van der Waals surface area contributed by atoms with Crippen molar-refractivity contribution in [1.29, 1.82) is 0 Å². The van der Waals surface area contributed by atoms with Crippen molar-refractivity contribution in [3.8, 4) is 0 Å². The molecule has 1 aromatic rings. The molecule has 2 unspecified atom stereocenters. The first-order valence-corrected chi connectivity index (χ1v) is 6.16. The van der Waals surface area contributed by atoms with Crippen LogP contribution in [0.2, 0.25) is 0 Å². The standard InChI is InChI=1S/C11H18N2OS/c1-3-8(12)11(14)13-9(4-2)10-6-5-7-15-10/h5-9H,3-4,12H2,1-2H3,(H,13,14). The maximum Gasteiger partial charge on any atom is 0.237 e. The second-order valence-electron chi connectivity index (χ2n) is 3.50. The van der Waals surface area contributed by atoms with Gasteiger partial charge in [-0.25, -0.2) is 0 Å². The first-order valence-electron chi connectivity index (χ1n) is 5.28. The minimum absolute atomic E-state index is 0.0576. The summed E-state index contributed by atoms with van der Waals surface area (Å²) in [4.78, 5) is 12.8. The number of rotatable bonds is 5. The Bertz CT molecular complexity index is 298. The molecule has 1 amide bonds. The van der Waals surface area contributed by atoms with E-state index in [4.69, 9.17) is 5.73 Å². The van der Waals surface area contributed by atoms with E-state index in [0.29, 0.717) is 6.42 Å². The van der Waals surface area contributed by atoms with Gasteiger partial charge in [-0.05, 0) is 24.3 Å². The summed E-state index contributed by atoms with van der Waals surface area (Å²) in [5, 5.41) is 4.98.